The number of ether oxygens (including phenoxy) is 1. The van der Waals surface area contributed by atoms with Gasteiger partial charge in [-0.05, 0) is 43.7 Å². The van der Waals surface area contributed by atoms with Crippen molar-refractivity contribution in [2.45, 2.75) is 38.6 Å². The number of benzene rings is 1. The number of nitrogens with zero attached hydrogens (tertiary/aromatic N) is 3. The Morgan fingerprint density at radius 1 is 1.12 bits per heavy atom. The highest BCUT2D eigenvalue weighted by Crippen LogP contribution is 2.29. The van der Waals surface area contributed by atoms with Crippen molar-refractivity contribution in [2.75, 3.05) is 51.8 Å². The normalized spacial score (nSPS) is 24.3. The lowest BCUT2D eigenvalue weighted by atomic mass is 9.87. The molecule has 1 aliphatic carbocycles. The standard InChI is InChI=1S/C21H33N3O2/c1-17-8-10-18(11-9-17)22(2)21(25)16-23-12-14-24(15-13-23)19-6-4-5-7-20(19)26-3/h4-7,17-18H,8-16H2,1-3H3. The minimum absolute atomic E-state index is 0.273. The van der Waals surface area contributed by atoms with Gasteiger partial charge < -0.3 is 14.5 Å². The molecule has 0 bridgehead atoms. The second kappa shape index (κ2) is 8.76. The first-order chi connectivity index (χ1) is 12.6. The summed E-state index contributed by atoms with van der Waals surface area (Å²) in [4.78, 5) is 19.3. The van der Waals surface area contributed by atoms with Crippen LogP contribution in [0.5, 0.6) is 5.75 Å². The van der Waals surface area contributed by atoms with Crippen LogP contribution in [-0.4, -0.2) is 68.6 Å². The number of piperazine rings is 1. The Morgan fingerprint density at radius 2 is 1.77 bits per heavy atom. The van der Waals surface area contributed by atoms with E-state index < -0.39 is 0 Å². The van der Waals surface area contributed by atoms with E-state index in [2.05, 4.69) is 22.8 Å². The second-order valence-corrected chi connectivity index (χ2v) is 7.85. The molecule has 5 heteroatoms. The predicted octanol–water partition coefficient (Wildman–Crippen LogP) is 2.85. The predicted molar refractivity (Wildman–Crippen MR) is 106 cm³/mol. The highest BCUT2D eigenvalue weighted by molar-refractivity contribution is 5.78. The molecule has 1 saturated carbocycles. The van der Waals surface area contributed by atoms with Crippen molar-refractivity contribution in [3.63, 3.8) is 0 Å². The molecule has 3 rings (SSSR count). The van der Waals surface area contributed by atoms with Gasteiger partial charge in [-0.1, -0.05) is 19.1 Å². The summed E-state index contributed by atoms with van der Waals surface area (Å²) in [6.45, 7) is 6.55. The summed E-state index contributed by atoms with van der Waals surface area (Å²) in [7, 11) is 3.71. The molecule has 144 valence electrons. The minimum atomic E-state index is 0.273. The van der Waals surface area contributed by atoms with Gasteiger partial charge in [-0.15, -0.1) is 0 Å². The van der Waals surface area contributed by atoms with Gasteiger partial charge in [-0.3, -0.25) is 9.69 Å². The van der Waals surface area contributed by atoms with Crippen LogP contribution in [-0.2, 0) is 4.79 Å². The van der Waals surface area contributed by atoms with Crippen LogP contribution < -0.4 is 9.64 Å². The number of rotatable bonds is 5. The van der Waals surface area contributed by atoms with Gasteiger partial charge in [0.25, 0.3) is 0 Å². The lowest BCUT2D eigenvalue weighted by Gasteiger charge is -2.38. The molecule has 5 nitrogen and oxygen atoms in total. The number of methoxy groups -OCH3 is 1. The Balaban J connectivity index is 1.48. The molecule has 0 atom stereocenters. The van der Waals surface area contributed by atoms with Gasteiger partial charge >= 0.3 is 0 Å². The Labute approximate surface area is 157 Å². The van der Waals surface area contributed by atoms with Crippen LogP contribution in [0.15, 0.2) is 24.3 Å². The molecule has 1 aromatic carbocycles. The van der Waals surface area contributed by atoms with E-state index in [-0.39, 0.29) is 5.91 Å². The molecule has 0 unspecified atom stereocenters. The zero-order valence-electron chi connectivity index (χ0n) is 16.5. The summed E-state index contributed by atoms with van der Waals surface area (Å²) in [6.07, 6.45) is 4.82. The first-order valence-corrected chi connectivity index (χ1v) is 9.94. The van der Waals surface area contributed by atoms with E-state index in [1.807, 2.05) is 30.1 Å². The monoisotopic (exact) mass is 359 g/mol. The summed E-state index contributed by atoms with van der Waals surface area (Å²) in [5.41, 5.74) is 1.15. The van der Waals surface area contributed by atoms with Crippen molar-refractivity contribution in [1.29, 1.82) is 0 Å². The van der Waals surface area contributed by atoms with Crippen LogP contribution in [0.4, 0.5) is 5.69 Å². The molecule has 0 spiro atoms. The van der Waals surface area contributed by atoms with Gasteiger partial charge in [0.05, 0.1) is 19.3 Å². The summed E-state index contributed by atoms with van der Waals surface area (Å²) in [5.74, 6) is 2.01. The first-order valence-electron chi connectivity index (χ1n) is 9.94. The Bertz CT molecular complexity index is 591. The second-order valence-electron chi connectivity index (χ2n) is 7.85. The van der Waals surface area contributed by atoms with Gasteiger partial charge in [0.15, 0.2) is 0 Å². The van der Waals surface area contributed by atoms with E-state index in [1.165, 1.54) is 12.8 Å². The van der Waals surface area contributed by atoms with E-state index in [0.717, 1.165) is 56.4 Å². The molecule has 2 fully saturated rings. The summed E-state index contributed by atoms with van der Waals surface area (Å²) < 4.78 is 5.48. The van der Waals surface area contributed by atoms with Gasteiger partial charge in [0, 0.05) is 39.3 Å². The van der Waals surface area contributed by atoms with E-state index in [9.17, 15) is 4.79 Å². The summed E-state index contributed by atoms with van der Waals surface area (Å²) >= 11 is 0. The topological polar surface area (TPSA) is 36.0 Å². The van der Waals surface area contributed by atoms with Crippen molar-refractivity contribution >= 4 is 11.6 Å². The summed E-state index contributed by atoms with van der Waals surface area (Å²) in [5, 5.41) is 0. The molecular weight excluding hydrogens is 326 g/mol. The number of carbonyl (C=O) groups excluding carboxylic acids is 1. The molecule has 1 aliphatic heterocycles. The van der Waals surface area contributed by atoms with Crippen LogP contribution in [0, 0.1) is 5.92 Å². The van der Waals surface area contributed by atoms with Crippen molar-refractivity contribution in [3.05, 3.63) is 24.3 Å². The third kappa shape index (κ3) is 4.50. The van der Waals surface area contributed by atoms with Crippen LogP contribution in [0.25, 0.3) is 0 Å². The Hall–Kier alpha value is -1.75. The number of likely N-dealkylation sites (N-methyl/N-ethyl adjacent to an activating group) is 1. The smallest absolute Gasteiger partial charge is 0.236 e. The quantitative estimate of drug-likeness (QED) is 0.810. The van der Waals surface area contributed by atoms with Gasteiger partial charge in [0.2, 0.25) is 5.91 Å². The summed E-state index contributed by atoms with van der Waals surface area (Å²) in [6, 6.07) is 8.60. The molecule has 2 aliphatic rings. The number of anilines is 1. The Morgan fingerprint density at radius 3 is 2.42 bits per heavy atom. The largest absolute Gasteiger partial charge is 0.495 e. The van der Waals surface area contributed by atoms with Crippen molar-refractivity contribution in [2.24, 2.45) is 5.92 Å². The molecule has 1 aromatic rings. The molecule has 1 saturated heterocycles. The zero-order valence-corrected chi connectivity index (χ0v) is 16.5. The maximum absolute atomic E-state index is 12.7. The number of amides is 1. The van der Waals surface area contributed by atoms with Crippen molar-refractivity contribution in [1.82, 2.24) is 9.80 Å². The average Bonchev–Trinajstić information content (AvgIpc) is 2.68. The minimum Gasteiger partial charge on any atom is -0.495 e. The fourth-order valence-electron chi connectivity index (χ4n) is 4.17. The van der Waals surface area contributed by atoms with Crippen molar-refractivity contribution < 1.29 is 9.53 Å². The van der Waals surface area contributed by atoms with Crippen molar-refractivity contribution in [3.8, 4) is 5.75 Å². The maximum Gasteiger partial charge on any atom is 0.236 e. The van der Waals surface area contributed by atoms with E-state index >= 15 is 0 Å². The van der Waals surface area contributed by atoms with Crippen LogP contribution in [0.1, 0.15) is 32.6 Å². The van der Waals surface area contributed by atoms with Crippen LogP contribution in [0.3, 0.4) is 0 Å². The number of hydrogen-bond acceptors (Lipinski definition) is 4. The number of carbonyl (C=O) groups is 1. The SMILES string of the molecule is COc1ccccc1N1CCN(CC(=O)N(C)C2CCC(C)CC2)CC1. The lowest BCUT2D eigenvalue weighted by molar-refractivity contribution is -0.134. The molecule has 1 amide bonds. The van der Waals surface area contributed by atoms with E-state index in [0.29, 0.717) is 12.6 Å². The molecule has 26 heavy (non-hydrogen) atoms. The average molecular weight is 360 g/mol. The maximum atomic E-state index is 12.7. The molecule has 1 heterocycles. The van der Waals surface area contributed by atoms with Gasteiger partial charge in [-0.2, -0.15) is 0 Å². The van der Waals surface area contributed by atoms with Gasteiger partial charge in [0.1, 0.15) is 5.75 Å². The lowest BCUT2D eigenvalue weighted by Crippen LogP contribution is -2.51. The molecule has 0 aromatic heterocycles. The van der Waals surface area contributed by atoms with E-state index in [4.69, 9.17) is 4.74 Å². The van der Waals surface area contributed by atoms with E-state index in [1.54, 1.807) is 7.11 Å². The Kier molecular flexibility index (Phi) is 6.41. The highest BCUT2D eigenvalue weighted by Gasteiger charge is 2.27. The highest BCUT2D eigenvalue weighted by atomic mass is 16.5. The third-order valence-electron chi connectivity index (χ3n) is 6.08. The van der Waals surface area contributed by atoms with Crippen LogP contribution >= 0.6 is 0 Å². The fraction of sp³-hybridized carbons (Fsp3) is 0.667. The first kappa shape index (κ1) is 19.0. The molecule has 0 N–H and O–H groups in total. The fourth-order valence-corrected chi connectivity index (χ4v) is 4.17. The molecule has 0 radical (unpaired) electrons. The zero-order chi connectivity index (χ0) is 18.5. The van der Waals surface area contributed by atoms with Gasteiger partial charge in [-0.25, -0.2) is 0 Å². The number of para-hydroxylation sites is 2. The number of hydrogen-bond donors (Lipinski definition) is 0. The molecular formula is C21H33N3O2. The van der Waals surface area contributed by atoms with Crippen LogP contribution in [0.2, 0.25) is 0 Å². The third-order valence-corrected chi connectivity index (χ3v) is 6.08.